The molecule has 0 aromatic heterocycles. The van der Waals surface area contributed by atoms with E-state index >= 15 is 0 Å². The molecular formula is C2H7NSi. The van der Waals surface area contributed by atoms with Crippen LogP contribution >= 0.6 is 0 Å². The van der Waals surface area contributed by atoms with E-state index in [0.29, 0.717) is 9.31 Å². The Hall–Kier alpha value is 0.0169. The van der Waals surface area contributed by atoms with Crippen LogP contribution < -0.4 is 0 Å². The van der Waals surface area contributed by atoms with E-state index in [4.69, 9.17) is 0 Å². The fourth-order valence-electron chi connectivity index (χ4n) is 0. The van der Waals surface area contributed by atoms with Gasteiger partial charge in [-0.1, -0.05) is 0 Å². The van der Waals surface area contributed by atoms with E-state index in [1.165, 1.54) is 0 Å². The van der Waals surface area contributed by atoms with Gasteiger partial charge in [-0.15, -0.1) is 0 Å². The lowest BCUT2D eigenvalue weighted by molar-refractivity contribution is 1.49. The lowest BCUT2D eigenvalue weighted by Gasteiger charge is -1.52. The van der Waals surface area contributed by atoms with Crippen LogP contribution in [0.25, 0.3) is 0 Å². The zero-order valence-electron chi connectivity index (χ0n) is 3.02. The van der Waals surface area contributed by atoms with Crippen LogP contribution in [0.3, 0.4) is 0 Å². The second-order valence-corrected chi connectivity index (χ2v) is 1.55. The third-order valence-corrected chi connectivity index (χ3v) is 0.775. The zero-order valence-corrected chi connectivity index (χ0v) is 4.18. The molecule has 0 rings (SSSR count). The maximum absolute atomic E-state index is 3.82. The minimum atomic E-state index is 0.407. The van der Waals surface area contributed by atoms with Crippen LogP contribution in [0, 0.1) is 0 Å². The highest BCUT2D eigenvalue weighted by Gasteiger charge is 1.35. The average molecular weight is 73.2 g/mol. The Bertz CT molecular complexity index is 21.2. The fourth-order valence-corrected chi connectivity index (χ4v) is 0. The van der Waals surface area contributed by atoms with Crippen molar-refractivity contribution >= 4 is 9.31 Å². The number of rotatable bonds is 0. The van der Waals surface area contributed by atoms with E-state index in [1.807, 2.05) is 7.05 Å². The second-order valence-electron chi connectivity index (χ2n) is 0.516. The fraction of sp³-hybridized carbons (Fsp3) is 1.00. The van der Waals surface area contributed by atoms with Gasteiger partial charge >= 0.3 is 0 Å². The molecule has 0 heterocycles. The minimum Gasteiger partial charge on any atom is -0.344 e. The Labute approximate surface area is 28.6 Å². The molecule has 4 heavy (non-hydrogen) atoms. The molecule has 0 saturated carbocycles. The predicted molar refractivity (Wildman–Crippen MR) is 21.4 cm³/mol. The molecule has 0 aromatic rings. The van der Waals surface area contributed by atoms with Crippen molar-refractivity contribution in [1.82, 2.24) is 0 Å². The van der Waals surface area contributed by atoms with Gasteiger partial charge in [0, 0.05) is 7.05 Å². The predicted octanol–water partition coefficient (Wildman–Crippen LogP) is 0.284. The van der Waals surface area contributed by atoms with E-state index in [-0.39, 0.29) is 0 Å². The largest absolute Gasteiger partial charge is 0.344 e. The molecule has 0 aliphatic rings. The van der Waals surface area contributed by atoms with Crippen LogP contribution in [-0.4, -0.2) is 16.4 Å². The van der Waals surface area contributed by atoms with Crippen molar-refractivity contribution in [2.45, 2.75) is 6.55 Å². The normalized spacial score (nSPS) is 9.50. The SMILES string of the molecule is CN=[SiH]C. The van der Waals surface area contributed by atoms with E-state index in [9.17, 15) is 0 Å². The lowest BCUT2D eigenvalue weighted by atomic mass is 11.6. The van der Waals surface area contributed by atoms with Gasteiger partial charge < -0.3 is 4.63 Å². The van der Waals surface area contributed by atoms with Crippen LogP contribution in [0.4, 0.5) is 0 Å². The molecule has 0 bridgehead atoms. The monoisotopic (exact) mass is 73.0 g/mol. The molecule has 0 unspecified atom stereocenters. The van der Waals surface area contributed by atoms with Crippen molar-refractivity contribution < 1.29 is 0 Å². The molecule has 0 spiro atoms. The molecule has 0 aliphatic carbocycles. The summed E-state index contributed by atoms with van der Waals surface area (Å²) in [6.45, 7) is 2.10. The standard InChI is InChI=1S/C2H7NSi/c1-3-4-2/h4H,1-2H3. The molecule has 24 valence electrons. The van der Waals surface area contributed by atoms with Gasteiger partial charge in [0.05, 0.1) is 0 Å². The third-order valence-electron chi connectivity index (χ3n) is 0.258. The third kappa shape index (κ3) is 2.02. The van der Waals surface area contributed by atoms with Crippen LogP contribution in [0.15, 0.2) is 4.63 Å². The Kier molecular flexibility index (Phi) is 3.03. The first kappa shape index (κ1) is 4.02. The van der Waals surface area contributed by atoms with Crippen molar-refractivity contribution in [3.8, 4) is 0 Å². The van der Waals surface area contributed by atoms with Crippen molar-refractivity contribution in [3.63, 3.8) is 0 Å². The number of hydrogen-bond acceptors (Lipinski definition) is 1. The Morgan fingerprint density at radius 2 is 2.00 bits per heavy atom. The maximum Gasteiger partial charge on any atom is 0.101 e. The highest BCUT2D eigenvalue weighted by atomic mass is 28.2. The molecule has 0 N–H and O–H groups in total. The van der Waals surface area contributed by atoms with E-state index in [1.54, 1.807) is 0 Å². The van der Waals surface area contributed by atoms with Crippen molar-refractivity contribution in [2.75, 3.05) is 7.05 Å². The quantitative estimate of drug-likeness (QED) is 0.365. The van der Waals surface area contributed by atoms with Gasteiger partial charge in [0.25, 0.3) is 0 Å². The van der Waals surface area contributed by atoms with Crippen molar-refractivity contribution in [3.05, 3.63) is 0 Å². The summed E-state index contributed by atoms with van der Waals surface area (Å²) < 4.78 is 3.82. The van der Waals surface area contributed by atoms with Gasteiger partial charge in [-0.2, -0.15) is 0 Å². The Balaban J connectivity index is 2.55. The van der Waals surface area contributed by atoms with Crippen LogP contribution in [0.1, 0.15) is 0 Å². The number of hydrogen-bond donors (Lipinski definition) is 0. The van der Waals surface area contributed by atoms with E-state index in [0.717, 1.165) is 0 Å². The molecule has 0 aliphatic heterocycles. The van der Waals surface area contributed by atoms with Gasteiger partial charge in [0.1, 0.15) is 9.31 Å². The highest BCUT2D eigenvalue weighted by molar-refractivity contribution is 6.18. The summed E-state index contributed by atoms with van der Waals surface area (Å²) in [5.41, 5.74) is 0. The minimum absolute atomic E-state index is 0.407. The molecule has 2 heteroatoms. The Morgan fingerprint density at radius 1 is 1.75 bits per heavy atom. The topological polar surface area (TPSA) is 12.4 Å². The summed E-state index contributed by atoms with van der Waals surface area (Å²) in [6, 6.07) is 0. The van der Waals surface area contributed by atoms with Crippen molar-refractivity contribution in [2.24, 2.45) is 4.63 Å². The summed E-state index contributed by atoms with van der Waals surface area (Å²) in [5, 5.41) is 0. The molecule has 0 atom stereocenters. The van der Waals surface area contributed by atoms with Gasteiger partial charge in [-0.05, 0) is 6.55 Å². The number of nitrogens with zero attached hydrogens (tertiary/aromatic N) is 1. The van der Waals surface area contributed by atoms with Gasteiger partial charge in [0.2, 0.25) is 0 Å². The molecular weight excluding hydrogens is 66.1 g/mol. The summed E-state index contributed by atoms with van der Waals surface area (Å²) in [4.78, 5) is 0. The first-order valence-electron chi connectivity index (χ1n) is 1.28. The second kappa shape index (κ2) is 3.02. The Morgan fingerprint density at radius 3 is 2.00 bits per heavy atom. The highest BCUT2D eigenvalue weighted by Crippen LogP contribution is 1.38. The zero-order chi connectivity index (χ0) is 3.41. The molecule has 1 nitrogen and oxygen atoms in total. The van der Waals surface area contributed by atoms with Crippen LogP contribution in [0.2, 0.25) is 6.55 Å². The summed E-state index contributed by atoms with van der Waals surface area (Å²) >= 11 is 0. The maximum atomic E-state index is 3.82. The first-order valence-corrected chi connectivity index (χ1v) is 2.95. The molecule has 0 aromatic carbocycles. The molecule has 0 radical (unpaired) electrons. The van der Waals surface area contributed by atoms with Crippen LogP contribution in [0.5, 0.6) is 0 Å². The summed E-state index contributed by atoms with van der Waals surface area (Å²) in [5.74, 6) is 0. The average Bonchev–Trinajstić information content (AvgIpc) is 1.37. The van der Waals surface area contributed by atoms with Gasteiger partial charge in [0.15, 0.2) is 0 Å². The van der Waals surface area contributed by atoms with Crippen molar-refractivity contribution in [1.29, 1.82) is 0 Å². The molecule has 0 amide bonds. The summed E-state index contributed by atoms with van der Waals surface area (Å²) in [7, 11) is 2.25. The van der Waals surface area contributed by atoms with Gasteiger partial charge in [-0.25, -0.2) is 0 Å². The summed E-state index contributed by atoms with van der Waals surface area (Å²) in [6.07, 6.45) is 0. The smallest absolute Gasteiger partial charge is 0.101 e. The van der Waals surface area contributed by atoms with E-state index in [2.05, 4.69) is 11.2 Å². The first-order chi connectivity index (χ1) is 1.91. The van der Waals surface area contributed by atoms with E-state index < -0.39 is 0 Å². The molecule has 0 fully saturated rings. The van der Waals surface area contributed by atoms with Crippen LogP contribution in [-0.2, 0) is 0 Å². The molecule has 0 saturated heterocycles. The van der Waals surface area contributed by atoms with Gasteiger partial charge in [-0.3, -0.25) is 0 Å². The lowest BCUT2D eigenvalue weighted by Crippen LogP contribution is -1.50.